The predicted octanol–water partition coefficient (Wildman–Crippen LogP) is 1.98. The summed E-state index contributed by atoms with van der Waals surface area (Å²) in [6, 6.07) is 2.29. The zero-order valence-electron chi connectivity index (χ0n) is 16.1. The van der Waals surface area contributed by atoms with E-state index in [2.05, 4.69) is 27.5 Å². The van der Waals surface area contributed by atoms with Crippen LogP contribution >= 0.6 is 11.8 Å². The van der Waals surface area contributed by atoms with Gasteiger partial charge >= 0.3 is 0 Å². The molecule has 3 fully saturated rings. The summed E-state index contributed by atoms with van der Waals surface area (Å²) in [5.41, 5.74) is 0.661. The number of nitrogens with one attached hydrogen (secondary N) is 2. The summed E-state index contributed by atoms with van der Waals surface area (Å²) in [5.74, 6) is 1.19. The monoisotopic (exact) mass is 402 g/mol. The molecule has 3 aliphatic rings. The van der Waals surface area contributed by atoms with Crippen molar-refractivity contribution in [3.05, 3.63) is 16.7 Å². The SMILES string of the molecule is CN(c1cc(/C=C2\SC(=O)NC2=O)nc(N2CCCCC2)n1)C1CCCNC1. The molecule has 0 saturated carbocycles. The van der Waals surface area contributed by atoms with Gasteiger partial charge in [-0.3, -0.25) is 14.9 Å². The number of aromatic nitrogens is 2. The van der Waals surface area contributed by atoms with E-state index in [1.54, 1.807) is 6.08 Å². The molecule has 150 valence electrons. The average molecular weight is 403 g/mol. The maximum absolute atomic E-state index is 11.9. The summed E-state index contributed by atoms with van der Waals surface area (Å²) in [4.78, 5) is 37.8. The van der Waals surface area contributed by atoms with E-state index in [1.807, 2.05) is 6.07 Å². The zero-order chi connectivity index (χ0) is 19.5. The van der Waals surface area contributed by atoms with Crippen LogP contribution in [0.5, 0.6) is 0 Å². The van der Waals surface area contributed by atoms with Gasteiger partial charge in [-0.15, -0.1) is 0 Å². The lowest BCUT2D eigenvalue weighted by Crippen LogP contribution is -2.44. The molecule has 9 heteroatoms. The highest BCUT2D eigenvalue weighted by Crippen LogP contribution is 2.28. The third kappa shape index (κ3) is 4.30. The fourth-order valence-electron chi connectivity index (χ4n) is 3.84. The van der Waals surface area contributed by atoms with Gasteiger partial charge in [-0.2, -0.15) is 4.98 Å². The molecule has 0 bridgehead atoms. The van der Waals surface area contributed by atoms with Gasteiger partial charge in [0.25, 0.3) is 11.1 Å². The highest BCUT2D eigenvalue weighted by molar-refractivity contribution is 8.18. The Bertz CT molecular complexity index is 787. The number of anilines is 2. The topological polar surface area (TPSA) is 90.5 Å². The van der Waals surface area contributed by atoms with Crippen molar-refractivity contribution in [2.45, 2.75) is 38.1 Å². The van der Waals surface area contributed by atoms with Crippen molar-refractivity contribution >= 4 is 40.8 Å². The van der Waals surface area contributed by atoms with Gasteiger partial charge in [-0.1, -0.05) is 0 Å². The Labute approximate surface area is 169 Å². The van der Waals surface area contributed by atoms with Crippen LogP contribution in [0.4, 0.5) is 16.6 Å². The van der Waals surface area contributed by atoms with Crippen LogP contribution in [0.15, 0.2) is 11.0 Å². The second-order valence-corrected chi connectivity index (χ2v) is 8.48. The Morgan fingerprint density at radius 3 is 2.71 bits per heavy atom. The summed E-state index contributed by atoms with van der Waals surface area (Å²) >= 11 is 0.916. The van der Waals surface area contributed by atoms with Crippen molar-refractivity contribution in [2.75, 3.05) is 43.0 Å². The Kier molecular flexibility index (Phi) is 5.82. The number of likely N-dealkylation sites (N-methyl/N-ethyl adjacent to an activating group) is 1. The molecule has 3 saturated heterocycles. The molecule has 8 nitrogen and oxygen atoms in total. The van der Waals surface area contributed by atoms with Gasteiger partial charge in [0.05, 0.1) is 10.6 Å². The van der Waals surface area contributed by atoms with Gasteiger partial charge in [0.1, 0.15) is 5.82 Å². The minimum absolute atomic E-state index is 0.341. The first-order valence-electron chi connectivity index (χ1n) is 9.92. The van der Waals surface area contributed by atoms with Crippen molar-refractivity contribution < 1.29 is 9.59 Å². The number of rotatable bonds is 4. The van der Waals surface area contributed by atoms with Crippen LogP contribution in [0, 0.1) is 0 Å². The molecule has 0 aliphatic carbocycles. The second-order valence-electron chi connectivity index (χ2n) is 7.46. The van der Waals surface area contributed by atoms with Crippen LogP contribution in [-0.4, -0.2) is 60.4 Å². The molecule has 0 aromatic carbocycles. The summed E-state index contributed by atoms with van der Waals surface area (Å²) in [6.45, 7) is 3.89. The molecule has 0 spiro atoms. The molecule has 0 radical (unpaired) electrons. The molecule has 4 heterocycles. The number of hydrogen-bond acceptors (Lipinski definition) is 8. The van der Waals surface area contributed by atoms with E-state index in [-0.39, 0.29) is 11.1 Å². The number of nitrogens with zero attached hydrogens (tertiary/aromatic N) is 4. The number of piperidine rings is 2. The van der Waals surface area contributed by atoms with Crippen molar-refractivity contribution in [1.82, 2.24) is 20.6 Å². The molecule has 2 amide bonds. The molecule has 1 aromatic heterocycles. The quantitative estimate of drug-likeness (QED) is 0.739. The Balaban J connectivity index is 1.67. The standard InChI is InChI=1S/C19H26N6O2S/c1-24(14-6-5-7-20-12-14)16-11-13(10-15-17(26)23-19(27)28-15)21-18(22-16)25-8-3-2-4-9-25/h10-11,14,20H,2-9,12H2,1H3,(H,23,26,27)/b15-10-. The number of imide groups is 1. The number of thioether (sulfide) groups is 1. The number of carbonyl (C=O) groups excluding carboxylic acids is 2. The van der Waals surface area contributed by atoms with Crippen LogP contribution in [0.2, 0.25) is 0 Å². The minimum atomic E-state index is -0.362. The van der Waals surface area contributed by atoms with Crippen LogP contribution in [0.1, 0.15) is 37.8 Å². The summed E-state index contributed by atoms with van der Waals surface area (Å²) < 4.78 is 0. The Morgan fingerprint density at radius 1 is 1.21 bits per heavy atom. The first kappa shape index (κ1) is 19.2. The third-order valence-corrected chi connectivity index (χ3v) is 6.27. The third-order valence-electron chi connectivity index (χ3n) is 5.46. The largest absolute Gasteiger partial charge is 0.355 e. The predicted molar refractivity (Wildman–Crippen MR) is 111 cm³/mol. The lowest BCUT2D eigenvalue weighted by molar-refractivity contribution is -0.115. The molecule has 1 aromatic rings. The summed E-state index contributed by atoms with van der Waals surface area (Å²) in [5, 5.41) is 5.40. The van der Waals surface area contributed by atoms with Gasteiger partial charge in [0, 0.05) is 38.8 Å². The Hall–Kier alpha value is -2.13. The van der Waals surface area contributed by atoms with Gasteiger partial charge < -0.3 is 15.1 Å². The van der Waals surface area contributed by atoms with E-state index < -0.39 is 0 Å². The van der Waals surface area contributed by atoms with Crippen molar-refractivity contribution in [3.63, 3.8) is 0 Å². The molecule has 4 rings (SSSR count). The first-order chi connectivity index (χ1) is 13.6. The van der Waals surface area contributed by atoms with Crippen molar-refractivity contribution in [3.8, 4) is 0 Å². The van der Waals surface area contributed by atoms with E-state index in [0.717, 1.165) is 69.4 Å². The van der Waals surface area contributed by atoms with Crippen LogP contribution in [0.3, 0.4) is 0 Å². The number of carbonyl (C=O) groups is 2. The van der Waals surface area contributed by atoms with E-state index >= 15 is 0 Å². The van der Waals surface area contributed by atoms with Gasteiger partial charge in [0.15, 0.2) is 0 Å². The molecular weight excluding hydrogens is 376 g/mol. The maximum atomic E-state index is 11.9. The number of amides is 2. The Morgan fingerprint density at radius 2 is 2.04 bits per heavy atom. The fourth-order valence-corrected chi connectivity index (χ4v) is 4.50. The fraction of sp³-hybridized carbons (Fsp3) is 0.579. The highest BCUT2D eigenvalue weighted by atomic mass is 32.2. The molecule has 1 atom stereocenters. The smallest absolute Gasteiger partial charge is 0.290 e. The highest BCUT2D eigenvalue weighted by Gasteiger charge is 2.26. The molecule has 28 heavy (non-hydrogen) atoms. The van der Waals surface area contributed by atoms with Crippen molar-refractivity contribution in [2.24, 2.45) is 0 Å². The molecular formula is C19H26N6O2S. The van der Waals surface area contributed by atoms with Gasteiger partial charge in [-0.05, 0) is 56.5 Å². The molecule has 3 aliphatic heterocycles. The lowest BCUT2D eigenvalue weighted by Gasteiger charge is -2.33. The minimum Gasteiger partial charge on any atom is -0.355 e. The van der Waals surface area contributed by atoms with Gasteiger partial charge in [-0.25, -0.2) is 4.98 Å². The van der Waals surface area contributed by atoms with E-state index in [4.69, 9.17) is 9.97 Å². The first-order valence-corrected chi connectivity index (χ1v) is 10.7. The van der Waals surface area contributed by atoms with E-state index in [0.29, 0.717) is 22.6 Å². The number of hydrogen-bond donors (Lipinski definition) is 2. The summed E-state index contributed by atoms with van der Waals surface area (Å²) in [7, 11) is 2.07. The molecule has 2 N–H and O–H groups in total. The summed E-state index contributed by atoms with van der Waals surface area (Å²) in [6.07, 6.45) is 7.47. The average Bonchev–Trinajstić information content (AvgIpc) is 3.05. The van der Waals surface area contributed by atoms with E-state index in [9.17, 15) is 9.59 Å². The molecule has 1 unspecified atom stereocenters. The second kappa shape index (κ2) is 8.48. The van der Waals surface area contributed by atoms with Crippen LogP contribution in [-0.2, 0) is 4.79 Å². The van der Waals surface area contributed by atoms with Gasteiger partial charge in [0.2, 0.25) is 5.95 Å². The van der Waals surface area contributed by atoms with Crippen LogP contribution in [0.25, 0.3) is 6.08 Å². The normalized spacial score (nSPS) is 24.5. The zero-order valence-corrected chi connectivity index (χ0v) is 16.9. The van der Waals surface area contributed by atoms with E-state index in [1.165, 1.54) is 6.42 Å². The maximum Gasteiger partial charge on any atom is 0.290 e. The van der Waals surface area contributed by atoms with Crippen LogP contribution < -0.4 is 20.4 Å². The van der Waals surface area contributed by atoms with Crippen molar-refractivity contribution in [1.29, 1.82) is 0 Å². The lowest BCUT2D eigenvalue weighted by atomic mass is 10.1.